The molecule has 172 valence electrons. The number of hydrogen-bond donors (Lipinski definition) is 2. The summed E-state index contributed by atoms with van der Waals surface area (Å²) in [6.45, 7) is 0. The van der Waals surface area contributed by atoms with E-state index < -0.39 is 17.3 Å². The van der Waals surface area contributed by atoms with Gasteiger partial charge in [0.15, 0.2) is 0 Å². The van der Waals surface area contributed by atoms with Crippen LogP contribution in [-0.2, 0) is 6.18 Å². The molecule has 0 saturated carbocycles. The Bertz CT molecular complexity index is 1490. The fourth-order valence-corrected chi connectivity index (χ4v) is 3.46. The van der Waals surface area contributed by atoms with Gasteiger partial charge in [-0.25, -0.2) is 9.97 Å². The zero-order valence-electron chi connectivity index (χ0n) is 17.8. The van der Waals surface area contributed by atoms with E-state index in [1.54, 1.807) is 12.1 Å². The molecule has 0 atom stereocenters. The maximum atomic E-state index is 13.4. The molecule has 34 heavy (non-hydrogen) atoms. The lowest BCUT2D eigenvalue weighted by Crippen LogP contribution is -2.20. The number of fused-ring (bicyclic) bond motifs is 1. The molecule has 0 radical (unpaired) electrons. The van der Waals surface area contributed by atoms with Gasteiger partial charge in [-0.3, -0.25) is 14.4 Å². The van der Waals surface area contributed by atoms with Gasteiger partial charge < -0.3 is 10.8 Å². The van der Waals surface area contributed by atoms with Crippen molar-refractivity contribution in [2.45, 2.75) is 6.18 Å². The second-order valence-corrected chi connectivity index (χ2v) is 7.28. The van der Waals surface area contributed by atoms with E-state index in [9.17, 15) is 23.1 Å². The number of alkyl halides is 3. The van der Waals surface area contributed by atoms with Crippen LogP contribution in [0.15, 0.2) is 76.9 Å². The number of halogens is 3. The van der Waals surface area contributed by atoms with Crippen molar-refractivity contribution >= 4 is 22.7 Å². The molecule has 4 aromatic rings. The molecule has 0 aliphatic heterocycles. The van der Waals surface area contributed by atoms with Crippen LogP contribution in [0.4, 0.5) is 13.2 Å². The van der Waals surface area contributed by atoms with Crippen molar-refractivity contribution in [2.75, 3.05) is 7.05 Å². The molecule has 10 heteroatoms. The molecule has 0 aliphatic carbocycles. The molecule has 3 N–H and O–H groups in total. The minimum Gasteiger partial charge on any atom is -0.508 e. The minimum atomic E-state index is -4.48. The Balaban J connectivity index is 2.00. The highest BCUT2D eigenvalue weighted by Crippen LogP contribution is 2.32. The van der Waals surface area contributed by atoms with E-state index in [4.69, 9.17) is 5.73 Å². The van der Waals surface area contributed by atoms with Crippen molar-refractivity contribution in [3.8, 4) is 22.7 Å². The summed E-state index contributed by atoms with van der Waals surface area (Å²) in [5.74, 6) is -0.0298. The van der Waals surface area contributed by atoms with Gasteiger partial charge in [-0.15, -0.1) is 0 Å². The number of aromatic nitrogens is 3. The predicted molar refractivity (Wildman–Crippen MR) is 124 cm³/mol. The number of hydrogen-bond acceptors (Lipinski definition) is 6. The molecule has 2 aromatic carbocycles. The molecule has 4 rings (SSSR count). The molecule has 0 bridgehead atoms. The summed E-state index contributed by atoms with van der Waals surface area (Å²) in [5, 5.41) is 9.96. The van der Waals surface area contributed by atoms with E-state index in [0.29, 0.717) is 16.8 Å². The molecule has 0 amide bonds. The van der Waals surface area contributed by atoms with Crippen molar-refractivity contribution in [1.29, 1.82) is 0 Å². The molecule has 0 fully saturated rings. The van der Waals surface area contributed by atoms with Crippen LogP contribution in [0.2, 0.25) is 0 Å². The first-order valence-corrected chi connectivity index (χ1v) is 9.97. The number of nitrogens with two attached hydrogens (primary N) is 1. The van der Waals surface area contributed by atoms with Crippen LogP contribution >= 0.6 is 0 Å². The SMILES string of the molecule is CN=CC(=CN)c1nc(-c2ccc(C(F)(F)F)cc2)cc2c(=O)n(-c3cccc(O)c3)cnc12. The summed E-state index contributed by atoms with van der Waals surface area (Å²) >= 11 is 0. The Morgan fingerprint density at radius 1 is 1.15 bits per heavy atom. The van der Waals surface area contributed by atoms with Crippen LogP contribution in [0, 0.1) is 0 Å². The zero-order chi connectivity index (χ0) is 24.5. The highest BCUT2D eigenvalue weighted by atomic mass is 19.4. The molecule has 0 spiro atoms. The average Bonchev–Trinajstić information content (AvgIpc) is 2.82. The van der Waals surface area contributed by atoms with Crippen LogP contribution in [-0.4, -0.2) is 32.9 Å². The number of aromatic hydroxyl groups is 1. The van der Waals surface area contributed by atoms with Crippen LogP contribution in [0.5, 0.6) is 5.75 Å². The van der Waals surface area contributed by atoms with Gasteiger partial charge in [0.05, 0.1) is 22.3 Å². The van der Waals surface area contributed by atoms with Crippen LogP contribution in [0.3, 0.4) is 0 Å². The first-order chi connectivity index (χ1) is 16.2. The summed E-state index contributed by atoms with van der Waals surface area (Å²) in [6.07, 6.45) is -0.472. The standard InChI is InChI=1S/C24H18F3N5O2/c1-29-12-15(11-28)21-22-19(23(34)32(13-30-22)17-3-2-4-18(33)9-17)10-20(31-21)14-5-7-16(8-6-14)24(25,26)27/h2-13,33H,28H2,1H3. The van der Waals surface area contributed by atoms with Crippen LogP contribution < -0.4 is 11.3 Å². The molecule has 0 unspecified atom stereocenters. The van der Waals surface area contributed by atoms with E-state index in [2.05, 4.69) is 15.0 Å². The number of aliphatic imine (C=N–C) groups is 1. The van der Waals surface area contributed by atoms with Gasteiger partial charge in [-0.2, -0.15) is 13.2 Å². The van der Waals surface area contributed by atoms with Gasteiger partial charge in [0.1, 0.15) is 23.3 Å². The minimum absolute atomic E-state index is 0.0298. The molecule has 2 heterocycles. The van der Waals surface area contributed by atoms with Gasteiger partial charge in [0.25, 0.3) is 5.56 Å². The fourth-order valence-electron chi connectivity index (χ4n) is 3.46. The normalized spacial score (nSPS) is 12.5. The smallest absolute Gasteiger partial charge is 0.416 e. The van der Waals surface area contributed by atoms with E-state index in [-0.39, 0.29) is 28.0 Å². The lowest BCUT2D eigenvalue weighted by Gasteiger charge is -2.12. The molecule has 0 saturated heterocycles. The largest absolute Gasteiger partial charge is 0.508 e. The quantitative estimate of drug-likeness (QED) is 0.440. The third-order valence-electron chi connectivity index (χ3n) is 5.08. The second-order valence-electron chi connectivity index (χ2n) is 7.28. The third kappa shape index (κ3) is 4.25. The first kappa shape index (κ1) is 22.7. The summed E-state index contributed by atoms with van der Waals surface area (Å²) < 4.78 is 40.2. The van der Waals surface area contributed by atoms with E-state index >= 15 is 0 Å². The second kappa shape index (κ2) is 8.81. The van der Waals surface area contributed by atoms with Crippen molar-refractivity contribution in [3.05, 3.63) is 88.7 Å². The summed E-state index contributed by atoms with van der Waals surface area (Å²) in [5.41, 5.74) is 6.38. The van der Waals surface area contributed by atoms with Crippen molar-refractivity contribution in [1.82, 2.24) is 14.5 Å². The Hall–Kier alpha value is -4.47. The number of pyridine rings is 1. The zero-order valence-corrected chi connectivity index (χ0v) is 17.8. The highest BCUT2D eigenvalue weighted by Gasteiger charge is 2.30. The number of benzene rings is 2. The van der Waals surface area contributed by atoms with E-state index in [0.717, 1.165) is 12.1 Å². The highest BCUT2D eigenvalue weighted by molar-refractivity contribution is 6.13. The molecular formula is C24H18F3N5O2. The van der Waals surface area contributed by atoms with Crippen molar-refractivity contribution in [3.63, 3.8) is 0 Å². The Morgan fingerprint density at radius 3 is 2.50 bits per heavy atom. The summed E-state index contributed by atoms with van der Waals surface area (Å²) in [6, 6.07) is 12.0. The van der Waals surface area contributed by atoms with Gasteiger partial charge >= 0.3 is 6.18 Å². The Labute approximate surface area is 191 Å². The Morgan fingerprint density at radius 2 is 1.88 bits per heavy atom. The maximum absolute atomic E-state index is 13.4. The monoisotopic (exact) mass is 465 g/mol. The number of rotatable bonds is 4. The van der Waals surface area contributed by atoms with Gasteiger partial charge in [-0.05, 0) is 30.3 Å². The summed E-state index contributed by atoms with van der Waals surface area (Å²) in [4.78, 5) is 26.3. The number of phenolic OH excluding ortho intramolecular Hbond substituents is 1. The number of nitrogens with zero attached hydrogens (tertiary/aromatic N) is 4. The van der Waals surface area contributed by atoms with Crippen molar-refractivity contribution < 1.29 is 18.3 Å². The van der Waals surface area contributed by atoms with Crippen LogP contribution in [0.25, 0.3) is 33.4 Å². The number of phenols is 1. The van der Waals surface area contributed by atoms with E-state index in [1.807, 2.05) is 0 Å². The van der Waals surface area contributed by atoms with E-state index in [1.165, 1.54) is 60.7 Å². The molecule has 0 aliphatic rings. The first-order valence-electron chi connectivity index (χ1n) is 9.97. The van der Waals surface area contributed by atoms with Gasteiger partial charge in [-0.1, -0.05) is 18.2 Å². The lowest BCUT2D eigenvalue weighted by atomic mass is 10.0. The predicted octanol–water partition coefficient (Wildman–Crippen LogP) is 4.17. The van der Waals surface area contributed by atoms with Crippen molar-refractivity contribution in [2.24, 2.45) is 10.7 Å². The average molecular weight is 465 g/mol. The Kier molecular flexibility index (Phi) is 5.89. The molecule has 7 nitrogen and oxygen atoms in total. The molecule has 2 aromatic heterocycles. The summed E-state index contributed by atoms with van der Waals surface area (Å²) in [7, 11) is 1.54. The van der Waals surface area contributed by atoms with Crippen LogP contribution in [0.1, 0.15) is 11.3 Å². The fraction of sp³-hybridized carbons (Fsp3) is 0.0833. The lowest BCUT2D eigenvalue weighted by molar-refractivity contribution is -0.137. The maximum Gasteiger partial charge on any atom is 0.416 e. The van der Waals surface area contributed by atoms with Gasteiger partial charge in [0.2, 0.25) is 0 Å². The molecular weight excluding hydrogens is 447 g/mol. The third-order valence-corrected chi connectivity index (χ3v) is 5.08. The van der Waals surface area contributed by atoms with Gasteiger partial charge in [0, 0.05) is 36.7 Å². The topological polar surface area (TPSA) is 106 Å². The number of allylic oxidation sites excluding steroid dienone is 1.